The Hall–Kier alpha value is -3.02. The fourth-order valence-electron chi connectivity index (χ4n) is 4.03. The number of benzene rings is 3. The Morgan fingerprint density at radius 1 is 0.893 bits per heavy atom. The molecule has 0 bridgehead atoms. The summed E-state index contributed by atoms with van der Waals surface area (Å²) in [5.74, 6) is 0. The third-order valence-electron chi connectivity index (χ3n) is 5.34. The number of halogens is 1. The molecule has 2 aliphatic rings. The quantitative estimate of drug-likeness (QED) is 0.351. The molecule has 0 N–H and O–H groups in total. The van der Waals surface area contributed by atoms with Crippen LogP contribution in [-0.4, -0.2) is 21.6 Å². The van der Waals surface area contributed by atoms with Crippen LogP contribution in [0.4, 0.5) is 5.69 Å². The van der Waals surface area contributed by atoms with Crippen molar-refractivity contribution in [3.8, 4) is 0 Å². The molecular formula is C22H16ClN3O2. The zero-order chi connectivity index (χ0) is 19.3. The van der Waals surface area contributed by atoms with Crippen molar-refractivity contribution < 1.29 is 4.92 Å². The second-order valence-corrected chi connectivity index (χ2v) is 7.43. The highest BCUT2D eigenvalue weighted by molar-refractivity contribution is 6.30. The van der Waals surface area contributed by atoms with Crippen LogP contribution in [-0.2, 0) is 0 Å². The average Bonchev–Trinajstić information content (AvgIpc) is 3.33. The van der Waals surface area contributed by atoms with E-state index in [-0.39, 0.29) is 28.9 Å². The Balaban J connectivity index is 1.57. The minimum Gasteiger partial charge on any atom is -0.263 e. The summed E-state index contributed by atoms with van der Waals surface area (Å²) in [6.07, 6.45) is -0.235. The van der Waals surface area contributed by atoms with Crippen LogP contribution in [0.25, 0.3) is 0 Å². The summed E-state index contributed by atoms with van der Waals surface area (Å²) >= 11 is 6.05. The van der Waals surface area contributed by atoms with Crippen molar-refractivity contribution in [3.05, 3.63) is 111 Å². The van der Waals surface area contributed by atoms with Gasteiger partial charge < -0.3 is 0 Å². The third-order valence-corrected chi connectivity index (χ3v) is 5.59. The van der Waals surface area contributed by atoms with Crippen molar-refractivity contribution in [2.24, 2.45) is 4.99 Å². The average molecular weight is 390 g/mol. The van der Waals surface area contributed by atoms with Gasteiger partial charge in [0.2, 0.25) is 0 Å². The van der Waals surface area contributed by atoms with E-state index in [4.69, 9.17) is 16.6 Å². The first kappa shape index (κ1) is 17.1. The van der Waals surface area contributed by atoms with E-state index in [0.29, 0.717) is 5.02 Å². The van der Waals surface area contributed by atoms with Crippen LogP contribution in [0.15, 0.2) is 83.9 Å². The highest BCUT2D eigenvalue weighted by Gasteiger charge is 2.59. The van der Waals surface area contributed by atoms with E-state index >= 15 is 0 Å². The molecule has 0 aromatic heterocycles. The number of hydrogen-bond donors (Lipinski definition) is 0. The standard InChI is InChI=1S/C22H16ClN3O2/c23-17-11-9-14(10-12-17)19-21-20(15-5-2-1-3-6-15)25(21)22(24-19)16-7-4-8-18(13-16)26(27)28/h1-13,20-22H/t20-,21-,22-,25?/m1/s1. The molecule has 0 spiro atoms. The van der Waals surface area contributed by atoms with Gasteiger partial charge in [0.1, 0.15) is 6.17 Å². The second-order valence-electron chi connectivity index (χ2n) is 6.99. The first-order valence-corrected chi connectivity index (χ1v) is 9.41. The van der Waals surface area contributed by atoms with Crippen molar-refractivity contribution in [2.75, 3.05) is 0 Å². The van der Waals surface area contributed by atoms with Crippen LogP contribution >= 0.6 is 11.6 Å². The number of nitro benzene ring substituents is 1. The zero-order valence-electron chi connectivity index (χ0n) is 14.8. The first-order chi connectivity index (χ1) is 13.6. The van der Waals surface area contributed by atoms with Gasteiger partial charge in [-0.3, -0.25) is 20.0 Å². The van der Waals surface area contributed by atoms with Gasteiger partial charge in [-0.15, -0.1) is 0 Å². The van der Waals surface area contributed by atoms with Gasteiger partial charge >= 0.3 is 0 Å². The van der Waals surface area contributed by atoms with Gasteiger partial charge in [-0.05, 0) is 28.8 Å². The minimum atomic E-state index is -0.364. The number of aliphatic imine (C=N–C) groups is 1. The zero-order valence-corrected chi connectivity index (χ0v) is 15.5. The van der Waals surface area contributed by atoms with Crippen LogP contribution in [0.5, 0.6) is 0 Å². The van der Waals surface area contributed by atoms with E-state index in [1.165, 1.54) is 11.6 Å². The van der Waals surface area contributed by atoms with E-state index in [0.717, 1.165) is 16.8 Å². The van der Waals surface area contributed by atoms with Crippen LogP contribution in [0.2, 0.25) is 5.02 Å². The van der Waals surface area contributed by atoms with Crippen LogP contribution in [0.3, 0.4) is 0 Å². The lowest BCUT2D eigenvalue weighted by Crippen LogP contribution is -2.08. The van der Waals surface area contributed by atoms with Crippen molar-refractivity contribution in [1.29, 1.82) is 0 Å². The molecule has 1 fully saturated rings. The molecule has 138 valence electrons. The van der Waals surface area contributed by atoms with Gasteiger partial charge in [-0.25, -0.2) is 0 Å². The lowest BCUT2D eigenvalue weighted by molar-refractivity contribution is -0.384. The monoisotopic (exact) mass is 389 g/mol. The number of hydrogen-bond acceptors (Lipinski definition) is 4. The Morgan fingerprint density at radius 3 is 2.32 bits per heavy atom. The maximum Gasteiger partial charge on any atom is 0.269 e. The normalized spacial score (nSPS) is 25.1. The molecule has 1 saturated heterocycles. The fraction of sp³-hybridized carbons (Fsp3) is 0.136. The lowest BCUT2D eigenvalue weighted by Gasteiger charge is -2.14. The summed E-state index contributed by atoms with van der Waals surface area (Å²) < 4.78 is 0. The maximum atomic E-state index is 11.2. The van der Waals surface area contributed by atoms with Gasteiger partial charge in [0.05, 0.1) is 22.7 Å². The van der Waals surface area contributed by atoms with Gasteiger partial charge in [0, 0.05) is 17.2 Å². The Bertz CT molecular complexity index is 1080. The predicted molar refractivity (Wildman–Crippen MR) is 109 cm³/mol. The van der Waals surface area contributed by atoms with E-state index in [2.05, 4.69) is 17.0 Å². The van der Waals surface area contributed by atoms with Crippen molar-refractivity contribution in [1.82, 2.24) is 4.90 Å². The van der Waals surface area contributed by atoms with Crippen molar-refractivity contribution >= 4 is 23.0 Å². The molecule has 2 heterocycles. The number of nitro groups is 1. The molecule has 2 aliphatic heterocycles. The topological polar surface area (TPSA) is 58.5 Å². The van der Waals surface area contributed by atoms with Gasteiger partial charge in [0.25, 0.3) is 5.69 Å². The van der Waals surface area contributed by atoms with E-state index in [9.17, 15) is 10.1 Å². The summed E-state index contributed by atoms with van der Waals surface area (Å²) in [6.45, 7) is 0. The van der Waals surface area contributed by atoms with Crippen molar-refractivity contribution in [2.45, 2.75) is 18.2 Å². The predicted octanol–water partition coefficient (Wildman–Crippen LogP) is 5.18. The molecular weight excluding hydrogens is 374 g/mol. The Kier molecular flexibility index (Phi) is 4.00. The number of rotatable bonds is 4. The highest BCUT2D eigenvalue weighted by atomic mass is 35.5. The van der Waals surface area contributed by atoms with E-state index < -0.39 is 0 Å². The molecule has 0 amide bonds. The molecule has 5 nitrogen and oxygen atoms in total. The molecule has 0 aliphatic carbocycles. The summed E-state index contributed by atoms with van der Waals surface area (Å²) in [6, 6.07) is 25.1. The van der Waals surface area contributed by atoms with E-state index in [1.54, 1.807) is 12.1 Å². The van der Waals surface area contributed by atoms with Gasteiger partial charge in [-0.1, -0.05) is 66.2 Å². The van der Waals surface area contributed by atoms with Gasteiger partial charge in [-0.2, -0.15) is 0 Å². The first-order valence-electron chi connectivity index (χ1n) is 9.04. The smallest absolute Gasteiger partial charge is 0.263 e. The summed E-state index contributed by atoms with van der Waals surface area (Å²) in [5, 5.41) is 11.9. The van der Waals surface area contributed by atoms with Crippen LogP contribution in [0, 0.1) is 10.1 Å². The summed E-state index contributed by atoms with van der Waals surface area (Å²) in [4.78, 5) is 18.1. The molecule has 6 heteroatoms. The fourth-order valence-corrected chi connectivity index (χ4v) is 4.16. The van der Waals surface area contributed by atoms with E-state index in [1.807, 2.05) is 48.5 Å². The van der Waals surface area contributed by atoms with Crippen molar-refractivity contribution in [3.63, 3.8) is 0 Å². The molecule has 3 aromatic carbocycles. The minimum absolute atomic E-state index is 0.0855. The molecule has 5 rings (SSSR count). The number of fused-ring (bicyclic) bond motifs is 1. The highest BCUT2D eigenvalue weighted by Crippen LogP contribution is 2.55. The Morgan fingerprint density at radius 2 is 1.61 bits per heavy atom. The van der Waals surface area contributed by atoms with Crippen LogP contribution in [0.1, 0.15) is 28.9 Å². The molecule has 1 unspecified atom stereocenters. The summed E-state index contributed by atoms with van der Waals surface area (Å²) in [5.41, 5.74) is 4.18. The molecule has 0 saturated carbocycles. The van der Waals surface area contributed by atoms with Gasteiger partial charge in [0.15, 0.2) is 0 Å². The second kappa shape index (κ2) is 6.55. The SMILES string of the molecule is O=[N+]([O-])c1cccc([C@@H]2N=C(c3ccc(Cl)cc3)[C@@H]3[C@@H](c4ccccc4)N32)c1. The largest absolute Gasteiger partial charge is 0.269 e. The molecule has 3 aromatic rings. The molecule has 4 atom stereocenters. The maximum absolute atomic E-state index is 11.2. The number of non-ortho nitro benzene ring substituents is 1. The summed E-state index contributed by atoms with van der Waals surface area (Å²) in [7, 11) is 0. The number of nitrogens with zero attached hydrogens (tertiary/aromatic N) is 3. The van der Waals surface area contributed by atoms with Crippen LogP contribution < -0.4 is 0 Å². The molecule has 0 radical (unpaired) electrons. The molecule has 28 heavy (non-hydrogen) atoms. The lowest BCUT2D eigenvalue weighted by atomic mass is 10.0. The third kappa shape index (κ3) is 2.80. The Labute approximate surface area is 167 Å².